The number of benzene rings is 1. The third-order valence-corrected chi connectivity index (χ3v) is 4.60. The minimum Gasteiger partial charge on any atom is -0.464 e. The lowest BCUT2D eigenvalue weighted by Gasteiger charge is -2.14. The van der Waals surface area contributed by atoms with Crippen molar-refractivity contribution in [2.75, 3.05) is 6.61 Å². The molecular formula is C17H15ClN6O3. The first-order valence-corrected chi connectivity index (χ1v) is 8.78. The molecule has 4 rings (SSSR count). The SMILES string of the molecule is CCOC(=O)C1CCc2nc(-c3cc(Cl)ccc3-n3cnnn3)cc(=O)n21. The summed E-state index contributed by atoms with van der Waals surface area (Å²) in [6.07, 6.45) is 2.44. The van der Waals surface area contributed by atoms with Gasteiger partial charge in [-0.05, 0) is 42.0 Å². The number of aryl methyl sites for hydroxylation is 1. The monoisotopic (exact) mass is 386 g/mol. The van der Waals surface area contributed by atoms with Crippen LogP contribution in [0.15, 0.2) is 35.4 Å². The lowest BCUT2D eigenvalue weighted by atomic mass is 10.1. The molecule has 0 bridgehead atoms. The highest BCUT2D eigenvalue weighted by molar-refractivity contribution is 6.31. The van der Waals surface area contributed by atoms with Gasteiger partial charge in [0.2, 0.25) is 0 Å². The number of ether oxygens (including phenoxy) is 1. The maximum Gasteiger partial charge on any atom is 0.329 e. The molecule has 1 atom stereocenters. The molecule has 1 unspecified atom stereocenters. The Morgan fingerprint density at radius 1 is 1.37 bits per heavy atom. The summed E-state index contributed by atoms with van der Waals surface area (Å²) in [5.41, 5.74) is 1.40. The first-order valence-electron chi connectivity index (χ1n) is 8.41. The first-order chi connectivity index (χ1) is 13.1. The van der Waals surface area contributed by atoms with Crippen LogP contribution in [0.4, 0.5) is 0 Å². The standard InChI is InChI=1S/C17H15ClN6O3/c1-2-27-17(26)14-5-6-15-20-12(8-16(25)24(14)15)11-7-10(18)3-4-13(11)23-9-19-21-22-23/h3-4,7-9,14H,2,5-6H2,1H3. The fourth-order valence-electron chi connectivity index (χ4n) is 3.23. The minimum atomic E-state index is -0.632. The number of nitrogens with zero attached hydrogens (tertiary/aromatic N) is 6. The van der Waals surface area contributed by atoms with Crippen molar-refractivity contribution in [1.82, 2.24) is 29.8 Å². The number of hydrogen-bond donors (Lipinski definition) is 0. The van der Waals surface area contributed by atoms with E-state index in [0.29, 0.717) is 40.6 Å². The van der Waals surface area contributed by atoms with Crippen LogP contribution < -0.4 is 5.56 Å². The summed E-state index contributed by atoms with van der Waals surface area (Å²) in [5.74, 6) is 0.128. The Bertz CT molecular complexity index is 1060. The summed E-state index contributed by atoms with van der Waals surface area (Å²) in [5, 5.41) is 11.7. The van der Waals surface area contributed by atoms with E-state index in [4.69, 9.17) is 16.3 Å². The van der Waals surface area contributed by atoms with Crippen molar-refractivity contribution in [3.05, 3.63) is 51.8 Å². The second kappa shape index (κ2) is 6.92. The van der Waals surface area contributed by atoms with E-state index in [1.54, 1.807) is 25.1 Å². The highest BCUT2D eigenvalue weighted by Crippen LogP contribution is 2.30. The van der Waals surface area contributed by atoms with Gasteiger partial charge in [0.25, 0.3) is 5.56 Å². The van der Waals surface area contributed by atoms with Crippen molar-refractivity contribution in [1.29, 1.82) is 0 Å². The van der Waals surface area contributed by atoms with Crippen molar-refractivity contribution in [2.45, 2.75) is 25.8 Å². The van der Waals surface area contributed by atoms with E-state index in [1.807, 2.05) is 0 Å². The largest absolute Gasteiger partial charge is 0.464 e. The van der Waals surface area contributed by atoms with Crippen LogP contribution in [0.3, 0.4) is 0 Å². The van der Waals surface area contributed by atoms with Gasteiger partial charge in [-0.25, -0.2) is 9.78 Å². The van der Waals surface area contributed by atoms with Gasteiger partial charge in [0.05, 0.1) is 18.0 Å². The average molecular weight is 387 g/mol. The van der Waals surface area contributed by atoms with E-state index in [9.17, 15) is 9.59 Å². The molecule has 0 N–H and O–H groups in total. The Hall–Kier alpha value is -3.07. The van der Waals surface area contributed by atoms with Crippen LogP contribution in [0.5, 0.6) is 0 Å². The maximum absolute atomic E-state index is 12.7. The number of tetrazole rings is 1. The lowest BCUT2D eigenvalue weighted by Crippen LogP contribution is -2.29. The van der Waals surface area contributed by atoms with Gasteiger partial charge in [-0.2, -0.15) is 4.68 Å². The number of hydrogen-bond acceptors (Lipinski definition) is 7. The zero-order chi connectivity index (χ0) is 19.0. The van der Waals surface area contributed by atoms with Crippen LogP contribution in [-0.4, -0.2) is 42.3 Å². The highest BCUT2D eigenvalue weighted by atomic mass is 35.5. The molecule has 0 radical (unpaired) electrons. The van der Waals surface area contributed by atoms with Crippen molar-refractivity contribution in [3.8, 4) is 16.9 Å². The molecular weight excluding hydrogens is 372 g/mol. The van der Waals surface area contributed by atoms with Crippen LogP contribution in [0, 0.1) is 0 Å². The molecule has 0 saturated carbocycles. The van der Waals surface area contributed by atoms with Crippen LogP contribution in [-0.2, 0) is 16.0 Å². The second-order valence-corrected chi connectivity index (χ2v) is 6.42. The normalized spacial score (nSPS) is 15.6. The van der Waals surface area contributed by atoms with Gasteiger partial charge in [0.1, 0.15) is 18.2 Å². The molecule has 9 nitrogen and oxygen atoms in total. The Balaban J connectivity index is 1.82. The Labute approximate surface area is 158 Å². The summed E-state index contributed by atoms with van der Waals surface area (Å²) < 4.78 is 7.94. The number of rotatable bonds is 4. The predicted octanol–water partition coefficient (Wildman–Crippen LogP) is 1.59. The summed E-state index contributed by atoms with van der Waals surface area (Å²) in [7, 11) is 0. The van der Waals surface area contributed by atoms with Crippen LogP contribution >= 0.6 is 11.6 Å². The third kappa shape index (κ3) is 3.10. The third-order valence-electron chi connectivity index (χ3n) is 4.37. The van der Waals surface area contributed by atoms with Crippen LogP contribution in [0.2, 0.25) is 5.02 Å². The Morgan fingerprint density at radius 3 is 2.96 bits per heavy atom. The van der Waals surface area contributed by atoms with E-state index >= 15 is 0 Å². The van der Waals surface area contributed by atoms with Gasteiger partial charge in [-0.1, -0.05) is 11.6 Å². The fraction of sp³-hybridized carbons (Fsp3) is 0.294. The molecule has 10 heteroatoms. The zero-order valence-electron chi connectivity index (χ0n) is 14.4. The van der Waals surface area contributed by atoms with Gasteiger partial charge in [0.15, 0.2) is 0 Å². The molecule has 2 aromatic heterocycles. The van der Waals surface area contributed by atoms with Crippen molar-refractivity contribution in [2.24, 2.45) is 0 Å². The van der Waals surface area contributed by atoms with E-state index in [2.05, 4.69) is 20.5 Å². The molecule has 1 aromatic carbocycles. The summed E-state index contributed by atoms with van der Waals surface area (Å²) >= 11 is 6.15. The van der Waals surface area contributed by atoms with E-state index in [-0.39, 0.29) is 12.2 Å². The predicted molar refractivity (Wildman–Crippen MR) is 95.6 cm³/mol. The van der Waals surface area contributed by atoms with E-state index < -0.39 is 12.0 Å². The zero-order valence-corrected chi connectivity index (χ0v) is 15.1. The Kier molecular flexibility index (Phi) is 4.44. The number of carbonyl (C=O) groups is 1. The van der Waals surface area contributed by atoms with Gasteiger partial charge in [-0.15, -0.1) is 5.10 Å². The van der Waals surface area contributed by atoms with Crippen LogP contribution in [0.25, 0.3) is 16.9 Å². The molecule has 27 heavy (non-hydrogen) atoms. The minimum absolute atomic E-state index is 0.267. The number of aromatic nitrogens is 6. The summed E-state index contributed by atoms with van der Waals surface area (Å²) in [6, 6.07) is 5.92. The van der Waals surface area contributed by atoms with E-state index in [1.165, 1.54) is 21.6 Å². The number of carbonyl (C=O) groups excluding carboxylic acids is 1. The van der Waals surface area contributed by atoms with E-state index in [0.717, 1.165) is 0 Å². The first kappa shape index (κ1) is 17.3. The second-order valence-electron chi connectivity index (χ2n) is 5.99. The topological polar surface area (TPSA) is 105 Å². The quantitative estimate of drug-likeness (QED) is 0.627. The number of fused-ring (bicyclic) bond motifs is 1. The molecule has 0 aliphatic carbocycles. The lowest BCUT2D eigenvalue weighted by molar-refractivity contribution is -0.147. The molecule has 3 heterocycles. The molecule has 3 aromatic rings. The average Bonchev–Trinajstić information content (AvgIpc) is 3.31. The van der Waals surface area contributed by atoms with Gasteiger partial charge < -0.3 is 4.74 Å². The Morgan fingerprint density at radius 2 is 2.22 bits per heavy atom. The molecule has 0 amide bonds. The van der Waals surface area contributed by atoms with Crippen molar-refractivity contribution in [3.63, 3.8) is 0 Å². The molecule has 0 spiro atoms. The summed E-state index contributed by atoms with van der Waals surface area (Å²) in [6.45, 7) is 2.00. The molecule has 0 fully saturated rings. The van der Waals surface area contributed by atoms with Crippen molar-refractivity contribution < 1.29 is 9.53 Å². The van der Waals surface area contributed by atoms with Crippen LogP contribution in [0.1, 0.15) is 25.2 Å². The molecule has 0 saturated heterocycles. The maximum atomic E-state index is 12.7. The van der Waals surface area contributed by atoms with Gasteiger partial charge in [0, 0.05) is 23.1 Å². The number of halogens is 1. The van der Waals surface area contributed by atoms with Gasteiger partial charge in [-0.3, -0.25) is 9.36 Å². The number of esters is 1. The summed E-state index contributed by atoms with van der Waals surface area (Å²) in [4.78, 5) is 29.5. The molecule has 1 aliphatic heterocycles. The molecule has 138 valence electrons. The van der Waals surface area contributed by atoms with Crippen molar-refractivity contribution >= 4 is 17.6 Å². The fourth-order valence-corrected chi connectivity index (χ4v) is 3.40. The highest BCUT2D eigenvalue weighted by Gasteiger charge is 2.32. The van der Waals surface area contributed by atoms with Gasteiger partial charge >= 0.3 is 5.97 Å². The molecule has 1 aliphatic rings. The smallest absolute Gasteiger partial charge is 0.329 e.